The van der Waals surface area contributed by atoms with E-state index in [1.165, 1.54) is 12.4 Å². The van der Waals surface area contributed by atoms with Crippen LogP contribution in [0.25, 0.3) is 0 Å². The van der Waals surface area contributed by atoms with E-state index in [1.54, 1.807) is 23.9 Å². The number of hydrazine groups is 1. The van der Waals surface area contributed by atoms with Crippen LogP contribution in [-0.4, -0.2) is 21.8 Å². The number of nitrogens with zero attached hydrogens (tertiary/aromatic N) is 2. The molecule has 0 atom stereocenters. The largest absolute Gasteiger partial charge is 0.382 e. The van der Waals surface area contributed by atoms with Crippen LogP contribution in [0.3, 0.4) is 0 Å². The summed E-state index contributed by atoms with van der Waals surface area (Å²) in [7, 11) is 0. The summed E-state index contributed by atoms with van der Waals surface area (Å²) < 4.78 is 0. The zero-order valence-corrected chi connectivity index (χ0v) is 16.1. The van der Waals surface area contributed by atoms with Crippen molar-refractivity contribution in [3.05, 3.63) is 82.8 Å². The van der Waals surface area contributed by atoms with E-state index in [0.29, 0.717) is 10.6 Å². The first kappa shape index (κ1) is 19.7. The van der Waals surface area contributed by atoms with Gasteiger partial charge in [0.25, 0.3) is 11.8 Å². The molecule has 0 spiro atoms. The zero-order chi connectivity index (χ0) is 19.9. The van der Waals surface area contributed by atoms with Crippen LogP contribution < -0.4 is 16.6 Å². The zero-order valence-electron chi connectivity index (χ0n) is 14.6. The second kappa shape index (κ2) is 9.20. The number of rotatable bonds is 5. The molecule has 142 valence electrons. The van der Waals surface area contributed by atoms with E-state index in [2.05, 4.69) is 20.8 Å². The van der Waals surface area contributed by atoms with Gasteiger partial charge in [-0.25, -0.2) is 9.97 Å². The minimum Gasteiger partial charge on any atom is -0.382 e. The number of amides is 2. The molecule has 1 aromatic heterocycles. The first-order valence-corrected chi connectivity index (χ1v) is 9.54. The molecule has 2 amide bonds. The van der Waals surface area contributed by atoms with Crippen molar-refractivity contribution in [1.82, 2.24) is 20.8 Å². The van der Waals surface area contributed by atoms with E-state index in [9.17, 15) is 9.59 Å². The molecular formula is C19H16ClN5O2S. The number of hydrogen-bond donors (Lipinski definition) is 3. The Morgan fingerprint density at radius 1 is 0.929 bits per heavy atom. The van der Waals surface area contributed by atoms with Crippen LogP contribution >= 0.6 is 23.4 Å². The van der Waals surface area contributed by atoms with Crippen LogP contribution in [0.5, 0.6) is 0 Å². The lowest BCUT2D eigenvalue weighted by molar-refractivity contribution is 0.0844. The van der Waals surface area contributed by atoms with Crippen LogP contribution in [0.4, 0.5) is 5.82 Å². The standard InChI is InChI=1S/C19H16ClN5O2S/c20-14-5-7-15(8-6-14)28-11-12-1-3-13(4-2-12)18(26)24-25-19(27)16-17(21)23-10-9-22-16/h1-10H,11H2,(H2,21,23)(H,24,26)(H,25,27). The first-order valence-electron chi connectivity index (χ1n) is 8.17. The number of nitrogen functional groups attached to an aromatic ring is 1. The van der Waals surface area contributed by atoms with Gasteiger partial charge in [0, 0.05) is 33.6 Å². The predicted molar refractivity (Wildman–Crippen MR) is 109 cm³/mol. The molecule has 1 heterocycles. The van der Waals surface area contributed by atoms with Gasteiger partial charge in [0.05, 0.1) is 0 Å². The second-order valence-corrected chi connectivity index (χ2v) is 7.12. The highest BCUT2D eigenvalue weighted by molar-refractivity contribution is 7.98. The van der Waals surface area contributed by atoms with Crippen molar-refractivity contribution < 1.29 is 9.59 Å². The number of carbonyl (C=O) groups is 2. The van der Waals surface area contributed by atoms with E-state index >= 15 is 0 Å². The van der Waals surface area contributed by atoms with Crippen LogP contribution in [0.2, 0.25) is 5.02 Å². The van der Waals surface area contributed by atoms with Crippen molar-refractivity contribution in [3.63, 3.8) is 0 Å². The summed E-state index contributed by atoms with van der Waals surface area (Å²) in [6.07, 6.45) is 2.71. The number of nitrogens with two attached hydrogens (primary N) is 1. The molecule has 28 heavy (non-hydrogen) atoms. The van der Waals surface area contributed by atoms with Crippen molar-refractivity contribution >= 4 is 41.0 Å². The van der Waals surface area contributed by atoms with Gasteiger partial charge in [-0.05, 0) is 42.0 Å². The van der Waals surface area contributed by atoms with Crippen LogP contribution in [-0.2, 0) is 5.75 Å². The van der Waals surface area contributed by atoms with Gasteiger partial charge in [0.15, 0.2) is 11.5 Å². The van der Waals surface area contributed by atoms with Crippen molar-refractivity contribution in [3.8, 4) is 0 Å². The lowest BCUT2D eigenvalue weighted by Gasteiger charge is -2.08. The molecule has 2 aromatic carbocycles. The summed E-state index contributed by atoms with van der Waals surface area (Å²) in [5, 5.41) is 0.703. The molecule has 0 unspecified atom stereocenters. The summed E-state index contributed by atoms with van der Waals surface area (Å²) >= 11 is 7.55. The number of halogens is 1. The van der Waals surface area contributed by atoms with Gasteiger partial charge in [-0.1, -0.05) is 23.7 Å². The SMILES string of the molecule is Nc1nccnc1C(=O)NNC(=O)c1ccc(CSc2ccc(Cl)cc2)cc1. The average Bonchev–Trinajstić information content (AvgIpc) is 2.72. The molecule has 3 aromatic rings. The minimum atomic E-state index is -0.644. The topological polar surface area (TPSA) is 110 Å². The molecule has 4 N–H and O–H groups in total. The molecule has 0 aliphatic rings. The Morgan fingerprint density at radius 3 is 2.25 bits per heavy atom. The summed E-state index contributed by atoms with van der Waals surface area (Å²) in [6.45, 7) is 0. The fourth-order valence-corrected chi connectivity index (χ4v) is 3.20. The Bertz CT molecular complexity index is 980. The van der Waals surface area contributed by atoms with Crippen LogP contribution in [0.15, 0.2) is 65.8 Å². The number of aromatic nitrogens is 2. The number of benzene rings is 2. The molecule has 0 aliphatic carbocycles. The maximum atomic E-state index is 12.2. The number of nitrogens with one attached hydrogen (secondary N) is 2. The highest BCUT2D eigenvalue weighted by Gasteiger charge is 2.13. The predicted octanol–water partition coefficient (Wildman–Crippen LogP) is 3.08. The maximum absolute atomic E-state index is 12.2. The monoisotopic (exact) mass is 413 g/mol. The minimum absolute atomic E-state index is 0.0169. The molecule has 0 saturated carbocycles. The summed E-state index contributed by atoms with van der Waals surface area (Å²) in [6, 6.07) is 14.7. The number of thioether (sulfide) groups is 1. The van der Waals surface area contributed by atoms with E-state index < -0.39 is 11.8 Å². The molecule has 0 fully saturated rings. The van der Waals surface area contributed by atoms with Gasteiger partial charge >= 0.3 is 0 Å². The number of hydrogen-bond acceptors (Lipinski definition) is 6. The molecule has 3 rings (SSSR count). The maximum Gasteiger partial charge on any atom is 0.292 e. The molecule has 0 bridgehead atoms. The third-order valence-corrected chi connectivity index (χ3v) is 5.00. The van der Waals surface area contributed by atoms with Gasteiger partial charge < -0.3 is 5.73 Å². The molecule has 0 saturated heterocycles. The molecule has 7 nitrogen and oxygen atoms in total. The third kappa shape index (κ3) is 5.21. The van der Waals surface area contributed by atoms with Crippen molar-refractivity contribution in [1.29, 1.82) is 0 Å². The van der Waals surface area contributed by atoms with E-state index in [-0.39, 0.29) is 11.5 Å². The fraction of sp³-hybridized carbons (Fsp3) is 0.0526. The van der Waals surface area contributed by atoms with Crippen molar-refractivity contribution in [2.45, 2.75) is 10.6 Å². The number of carbonyl (C=O) groups excluding carboxylic acids is 2. The first-order chi connectivity index (χ1) is 13.5. The number of anilines is 1. The molecule has 0 aliphatic heterocycles. The molecule has 9 heteroatoms. The average molecular weight is 414 g/mol. The van der Waals surface area contributed by atoms with Gasteiger partial charge in [-0.2, -0.15) is 0 Å². The summed E-state index contributed by atoms with van der Waals surface area (Å²) in [5.41, 5.74) is 11.6. The summed E-state index contributed by atoms with van der Waals surface area (Å²) in [5.74, 6) is -0.355. The van der Waals surface area contributed by atoms with E-state index in [4.69, 9.17) is 17.3 Å². The van der Waals surface area contributed by atoms with E-state index in [1.807, 2.05) is 36.4 Å². The molecule has 0 radical (unpaired) electrons. The van der Waals surface area contributed by atoms with Gasteiger partial charge in [-0.3, -0.25) is 20.4 Å². The lowest BCUT2D eigenvalue weighted by Crippen LogP contribution is -2.42. The van der Waals surface area contributed by atoms with Gasteiger partial charge in [-0.15, -0.1) is 11.8 Å². The van der Waals surface area contributed by atoms with Gasteiger partial charge in [0.1, 0.15) is 0 Å². The Hall–Kier alpha value is -3.10. The van der Waals surface area contributed by atoms with Gasteiger partial charge in [0.2, 0.25) is 0 Å². The Kier molecular flexibility index (Phi) is 6.46. The Balaban J connectivity index is 1.52. The van der Waals surface area contributed by atoms with Crippen molar-refractivity contribution in [2.24, 2.45) is 0 Å². The highest BCUT2D eigenvalue weighted by atomic mass is 35.5. The summed E-state index contributed by atoms with van der Waals surface area (Å²) in [4.78, 5) is 32.9. The normalized spacial score (nSPS) is 10.3. The smallest absolute Gasteiger partial charge is 0.292 e. The highest BCUT2D eigenvalue weighted by Crippen LogP contribution is 2.24. The Morgan fingerprint density at radius 2 is 1.57 bits per heavy atom. The van der Waals surface area contributed by atoms with Crippen molar-refractivity contribution in [2.75, 3.05) is 5.73 Å². The quantitative estimate of drug-likeness (QED) is 0.438. The van der Waals surface area contributed by atoms with Crippen LogP contribution in [0, 0.1) is 0 Å². The van der Waals surface area contributed by atoms with E-state index in [0.717, 1.165) is 16.2 Å². The lowest BCUT2D eigenvalue weighted by atomic mass is 10.1. The Labute approximate surface area is 170 Å². The third-order valence-electron chi connectivity index (χ3n) is 3.67. The molecular weight excluding hydrogens is 398 g/mol. The second-order valence-electron chi connectivity index (χ2n) is 5.64. The fourth-order valence-electron chi connectivity index (χ4n) is 2.22. The van der Waals surface area contributed by atoms with Crippen LogP contribution in [0.1, 0.15) is 26.4 Å².